The number of rotatable bonds is 3. The average molecular weight is 338 g/mol. The number of halogens is 3. The van der Waals surface area contributed by atoms with E-state index in [1.165, 1.54) is 41.6 Å². The van der Waals surface area contributed by atoms with Gasteiger partial charge in [-0.05, 0) is 31.4 Å². The molecule has 2 heterocycles. The molecule has 1 aromatic heterocycles. The van der Waals surface area contributed by atoms with Gasteiger partial charge in [0.25, 0.3) is 0 Å². The first kappa shape index (κ1) is 16.6. The third kappa shape index (κ3) is 3.62. The van der Waals surface area contributed by atoms with Gasteiger partial charge in [0.2, 0.25) is 0 Å². The Balaban J connectivity index is 1.89. The van der Waals surface area contributed by atoms with E-state index in [4.69, 9.17) is 4.84 Å². The van der Waals surface area contributed by atoms with Crippen LogP contribution in [0.2, 0.25) is 0 Å². The van der Waals surface area contributed by atoms with Crippen molar-refractivity contribution in [2.24, 2.45) is 0 Å². The van der Waals surface area contributed by atoms with E-state index < -0.39 is 11.7 Å². The van der Waals surface area contributed by atoms with Crippen molar-refractivity contribution in [3.05, 3.63) is 64.1 Å². The van der Waals surface area contributed by atoms with Crippen LogP contribution in [-0.2, 0) is 6.18 Å². The van der Waals surface area contributed by atoms with Crippen LogP contribution in [0.15, 0.2) is 47.4 Å². The molecule has 1 aromatic carbocycles. The number of H-pyrrole nitrogens is 1. The molecule has 0 amide bonds. The highest BCUT2D eigenvalue weighted by Gasteiger charge is 2.36. The number of para-hydroxylation sites is 1. The van der Waals surface area contributed by atoms with Crippen molar-refractivity contribution in [1.82, 2.24) is 10.0 Å². The normalized spacial score (nSPS) is 19.2. The van der Waals surface area contributed by atoms with Gasteiger partial charge in [0.15, 0.2) is 11.2 Å². The van der Waals surface area contributed by atoms with E-state index >= 15 is 0 Å². The molecule has 4 nitrogen and oxygen atoms in total. The van der Waals surface area contributed by atoms with Crippen molar-refractivity contribution in [2.45, 2.75) is 31.5 Å². The molecule has 24 heavy (non-hydrogen) atoms. The minimum absolute atomic E-state index is 0.148. The van der Waals surface area contributed by atoms with Crippen LogP contribution in [0.1, 0.15) is 36.6 Å². The summed E-state index contributed by atoms with van der Waals surface area (Å²) in [7, 11) is 0. The molecular formula is C17H17F3N2O2. The van der Waals surface area contributed by atoms with Crippen LogP contribution in [-0.4, -0.2) is 16.6 Å². The van der Waals surface area contributed by atoms with Gasteiger partial charge in [-0.15, -0.1) is 5.06 Å². The van der Waals surface area contributed by atoms with Crippen molar-refractivity contribution < 1.29 is 18.0 Å². The fraction of sp³-hybridized carbons (Fsp3) is 0.353. The van der Waals surface area contributed by atoms with Gasteiger partial charge in [-0.3, -0.25) is 4.79 Å². The van der Waals surface area contributed by atoms with E-state index in [0.29, 0.717) is 18.7 Å². The molecule has 0 saturated carbocycles. The Morgan fingerprint density at radius 1 is 1.17 bits per heavy atom. The molecule has 0 bridgehead atoms. The van der Waals surface area contributed by atoms with Crippen molar-refractivity contribution in [1.29, 1.82) is 0 Å². The van der Waals surface area contributed by atoms with Crippen molar-refractivity contribution >= 4 is 0 Å². The number of nitrogens with one attached hydrogen (secondary N) is 1. The molecule has 1 fully saturated rings. The molecule has 3 rings (SSSR count). The van der Waals surface area contributed by atoms with Gasteiger partial charge in [0.1, 0.15) is 5.56 Å². The van der Waals surface area contributed by atoms with Gasteiger partial charge < -0.3 is 9.82 Å². The first-order valence-electron chi connectivity index (χ1n) is 7.74. The third-order valence-corrected chi connectivity index (χ3v) is 4.02. The van der Waals surface area contributed by atoms with Crippen LogP contribution in [0, 0.1) is 0 Å². The molecule has 1 N–H and O–H groups in total. The molecule has 0 aliphatic carbocycles. The van der Waals surface area contributed by atoms with Gasteiger partial charge in [-0.2, -0.15) is 13.2 Å². The predicted octanol–water partition coefficient (Wildman–Crippen LogP) is 3.91. The number of benzene rings is 1. The average Bonchev–Trinajstić information content (AvgIpc) is 2.55. The first-order chi connectivity index (χ1) is 11.4. The number of pyridine rings is 1. The summed E-state index contributed by atoms with van der Waals surface area (Å²) in [6, 6.07) is 7.72. The van der Waals surface area contributed by atoms with E-state index in [0.717, 1.165) is 18.9 Å². The lowest BCUT2D eigenvalue weighted by atomic mass is 10.0. The Hall–Kier alpha value is -2.28. The Kier molecular flexibility index (Phi) is 4.62. The number of piperidine rings is 1. The Labute approximate surface area is 136 Å². The van der Waals surface area contributed by atoms with E-state index in [1.54, 1.807) is 0 Å². The van der Waals surface area contributed by atoms with Gasteiger partial charge >= 0.3 is 6.18 Å². The zero-order valence-corrected chi connectivity index (χ0v) is 12.8. The number of nitrogens with zero attached hydrogens (tertiary/aromatic N) is 1. The molecule has 7 heteroatoms. The molecule has 1 aliphatic heterocycles. The predicted molar refractivity (Wildman–Crippen MR) is 82.4 cm³/mol. The smallest absolute Gasteiger partial charge is 0.405 e. The van der Waals surface area contributed by atoms with Gasteiger partial charge in [0, 0.05) is 30.6 Å². The van der Waals surface area contributed by atoms with Crippen LogP contribution >= 0.6 is 0 Å². The molecule has 1 unspecified atom stereocenters. The maximum absolute atomic E-state index is 13.1. The van der Waals surface area contributed by atoms with Crippen LogP contribution < -0.4 is 10.3 Å². The first-order valence-corrected chi connectivity index (χ1v) is 7.74. The van der Waals surface area contributed by atoms with E-state index in [2.05, 4.69) is 4.98 Å². The highest BCUT2D eigenvalue weighted by Crippen LogP contribution is 2.38. The topological polar surface area (TPSA) is 45.3 Å². The van der Waals surface area contributed by atoms with Gasteiger partial charge in [-0.25, -0.2) is 0 Å². The van der Waals surface area contributed by atoms with E-state index in [9.17, 15) is 18.0 Å². The lowest BCUT2D eigenvalue weighted by Gasteiger charge is -2.35. The number of hydrogen-bond donors (Lipinski definition) is 1. The summed E-state index contributed by atoms with van der Waals surface area (Å²) in [4.78, 5) is 20.2. The summed E-state index contributed by atoms with van der Waals surface area (Å²) in [5.74, 6) is -0.227. The molecule has 1 aliphatic rings. The lowest BCUT2D eigenvalue weighted by Crippen LogP contribution is -2.37. The second-order valence-corrected chi connectivity index (χ2v) is 5.72. The van der Waals surface area contributed by atoms with Crippen molar-refractivity contribution in [3.63, 3.8) is 0 Å². The highest BCUT2D eigenvalue weighted by molar-refractivity contribution is 5.35. The lowest BCUT2D eigenvalue weighted by molar-refractivity contribution is -0.151. The maximum Gasteiger partial charge on any atom is 0.420 e. The summed E-state index contributed by atoms with van der Waals surface area (Å²) in [5.41, 5.74) is -0.312. The van der Waals surface area contributed by atoms with Gasteiger partial charge in [0.05, 0.1) is 6.04 Å². The quantitative estimate of drug-likeness (QED) is 0.923. The summed E-state index contributed by atoms with van der Waals surface area (Å²) in [6.07, 6.45) is -0.505. The molecule has 0 spiro atoms. The maximum atomic E-state index is 13.1. The van der Waals surface area contributed by atoms with Gasteiger partial charge in [-0.1, -0.05) is 12.1 Å². The largest absolute Gasteiger partial charge is 0.420 e. The standard InChI is InChI=1S/C17H17F3N2O2/c18-17(19,20)13-5-1-2-7-16(13)24-22-10-4-3-6-15(22)14-11-12(23)8-9-21-14/h1-2,5,7-9,11,15H,3-4,6,10H2,(H,21,23). The van der Waals surface area contributed by atoms with Crippen molar-refractivity contribution in [3.8, 4) is 5.75 Å². The van der Waals surface area contributed by atoms with Crippen molar-refractivity contribution in [2.75, 3.05) is 6.54 Å². The fourth-order valence-corrected chi connectivity index (χ4v) is 2.89. The molecular weight excluding hydrogens is 321 g/mol. The fourth-order valence-electron chi connectivity index (χ4n) is 2.89. The Morgan fingerprint density at radius 2 is 1.96 bits per heavy atom. The van der Waals surface area contributed by atoms with E-state index in [-0.39, 0.29) is 17.2 Å². The number of aromatic amines is 1. The molecule has 128 valence electrons. The minimum atomic E-state index is -4.48. The summed E-state index contributed by atoms with van der Waals surface area (Å²) in [6.45, 7) is 0.494. The monoisotopic (exact) mass is 338 g/mol. The highest BCUT2D eigenvalue weighted by atomic mass is 19.4. The van der Waals surface area contributed by atoms with Crippen LogP contribution in [0.4, 0.5) is 13.2 Å². The minimum Gasteiger partial charge on any atom is -0.405 e. The molecule has 1 atom stereocenters. The molecule has 2 aromatic rings. The van der Waals surface area contributed by atoms with E-state index in [1.807, 2.05) is 0 Å². The molecule has 0 radical (unpaired) electrons. The third-order valence-electron chi connectivity index (χ3n) is 4.02. The molecule has 1 saturated heterocycles. The zero-order valence-electron chi connectivity index (χ0n) is 12.8. The number of hydrogen-bond acceptors (Lipinski definition) is 3. The Bertz CT molecular complexity index is 758. The zero-order chi connectivity index (χ0) is 17.2. The summed E-state index contributed by atoms with van der Waals surface area (Å²) < 4.78 is 39.4. The summed E-state index contributed by atoms with van der Waals surface area (Å²) >= 11 is 0. The second-order valence-electron chi connectivity index (χ2n) is 5.72. The number of hydroxylamine groups is 2. The summed E-state index contributed by atoms with van der Waals surface area (Å²) in [5, 5.41) is 1.53. The number of alkyl halides is 3. The SMILES string of the molecule is O=c1cc[nH]c(C2CCCCN2Oc2ccccc2C(F)(F)F)c1. The van der Waals surface area contributed by atoms with Crippen LogP contribution in [0.5, 0.6) is 5.75 Å². The second kappa shape index (κ2) is 6.68. The van der Waals surface area contributed by atoms with Crippen LogP contribution in [0.25, 0.3) is 0 Å². The Morgan fingerprint density at radius 3 is 2.71 bits per heavy atom. The number of aromatic nitrogens is 1. The van der Waals surface area contributed by atoms with Crippen LogP contribution in [0.3, 0.4) is 0 Å².